The van der Waals surface area contributed by atoms with E-state index in [1.807, 2.05) is 9.80 Å². The van der Waals surface area contributed by atoms with Crippen LogP contribution in [0.4, 0.5) is 22.0 Å². The molecule has 0 unspecified atom stereocenters. The molecule has 0 saturated carbocycles. The summed E-state index contributed by atoms with van der Waals surface area (Å²) in [7, 11) is 0. The van der Waals surface area contributed by atoms with Gasteiger partial charge in [-0.1, -0.05) is 12.1 Å². The zero-order chi connectivity index (χ0) is 19.9. The number of hydrogen-bond acceptors (Lipinski definition) is 5. The Balaban J connectivity index is 1.43. The van der Waals surface area contributed by atoms with Gasteiger partial charge in [0.2, 0.25) is 0 Å². The Kier molecular flexibility index (Phi) is 4.77. The summed E-state index contributed by atoms with van der Waals surface area (Å²) >= 11 is 0. The number of nitrogens with zero attached hydrogens (tertiary/aromatic N) is 6. The number of aromatic nitrogens is 3. The van der Waals surface area contributed by atoms with E-state index in [4.69, 9.17) is 0 Å². The van der Waals surface area contributed by atoms with Gasteiger partial charge in [0.1, 0.15) is 5.84 Å². The summed E-state index contributed by atoms with van der Waals surface area (Å²) in [5, 5.41) is 10.9. The Morgan fingerprint density at radius 3 is 2.43 bits per heavy atom. The lowest BCUT2D eigenvalue weighted by molar-refractivity contribution is -0.147. The number of benzene rings is 1. The molecule has 0 amide bonds. The molecule has 0 N–H and O–H groups in total. The Labute approximate surface area is 157 Å². The minimum absolute atomic E-state index is 0.191. The molecular weight excluding hydrogens is 383 g/mol. The van der Waals surface area contributed by atoms with Gasteiger partial charge in [-0.25, -0.2) is 8.78 Å². The summed E-state index contributed by atoms with van der Waals surface area (Å²) in [5.41, 5.74) is 0.285. The second kappa shape index (κ2) is 7.12. The monoisotopic (exact) mass is 400 g/mol. The zero-order valence-electron chi connectivity index (χ0n) is 14.8. The molecule has 2 aromatic rings. The Morgan fingerprint density at radius 2 is 1.71 bits per heavy atom. The van der Waals surface area contributed by atoms with Crippen molar-refractivity contribution in [3.63, 3.8) is 0 Å². The lowest BCUT2D eigenvalue weighted by Crippen LogP contribution is -2.49. The standard InChI is InChI=1S/C17H17F5N6/c18-12-3-1-2-11(15(12)19)10-26-6-8-27(9-7-26)14-5-4-13-23-24-16(17(20,21)22)28(13)25-14/h1-3H,4-10H2. The van der Waals surface area contributed by atoms with E-state index < -0.39 is 23.6 Å². The van der Waals surface area contributed by atoms with E-state index in [0.29, 0.717) is 44.9 Å². The number of aryl methyl sites for hydroxylation is 1. The molecule has 1 aromatic carbocycles. The highest BCUT2D eigenvalue weighted by Crippen LogP contribution is 2.29. The summed E-state index contributed by atoms with van der Waals surface area (Å²) in [5.74, 6) is -2.11. The van der Waals surface area contributed by atoms with Gasteiger partial charge in [0.05, 0.1) is 0 Å². The number of hydrogen-bond donors (Lipinski definition) is 0. The van der Waals surface area contributed by atoms with Gasteiger partial charge in [-0.2, -0.15) is 22.9 Å². The topological polar surface area (TPSA) is 49.5 Å². The van der Waals surface area contributed by atoms with Crippen molar-refractivity contribution in [1.82, 2.24) is 24.7 Å². The number of amidine groups is 1. The molecule has 1 fully saturated rings. The molecule has 11 heteroatoms. The van der Waals surface area contributed by atoms with Crippen LogP contribution in [0.5, 0.6) is 0 Å². The van der Waals surface area contributed by atoms with Crippen molar-refractivity contribution in [2.75, 3.05) is 26.2 Å². The molecule has 4 rings (SSSR count). The molecular formula is C17H17F5N6. The van der Waals surface area contributed by atoms with E-state index in [2.05, 4.69) is 15.3 Å². The molecule has 0 spiro atoms. The highest BCUT2D eigenvalue weighted by atomic mass is 19.4. The van der Waals surface area contributed by atoms with Gasteiger partial charge in [-0.3, -0.25) is 4.90 Å². The summed E-state index contributed by atoms with van der Waals surface area (Å²) in [4.78, 5) is 3.89. The van der Waals surface area contributed by atoms with Gasteiger partial charge in [0.25, 0.3) is 5.82 Å². The van der Waals surface area contributed by atoms with Crippen molar-refractivity contribution in [3.8, 4) is 0 Å². The number of rotatable bonds is 2. The third kappa shape index (κ3) is 3.58. The fourth-order valence-corrected chi connectivity index (χ4v) is 3.44. The predicted octanol–water partition coefficient (Wildman–Crippen LogP) is 2.50. The van der Waals surface area contributed by atoms with Crippen molar-refractivity contribution in [2.24, 2.45) is 5.10 Å². The quantitative estimate of drug-likeness (QED) is 0.727. The van der Waals surface area contributed by atoms with Crippen molar-refractivity contribution in [3.05, 3.63) is 47.0 Å². The normalized spacial score (nSPS) is 18.2. The minimum Gasteiger partial charge on any atom is -0.356 e. The van der Waals surface area contributed by atoms with E-state index in [9.17, 15) is 22.0 Å². The van der Waals surface area contributed by atoms with E-state index >= 15 is 0 Å². The number of alkyl halides is 3. The maximum atomic E-state index is 13.8. The van der Waals surface area contributed by atoms with Crippen LogP contribution in [-0.2, 0) is 19.1 Å². The van der Waals surface area contributed by atoms with Gasteiger partial charge in [-0.05, 0) is 6.07 Å². The van der Waals surface area contributed by atoms with Crippen LogP contribution in [0.3, 0.4) is 0 Å². The van der Waals surface area contributed by atoms with Crippen LogP contribution in [0.25, 0.3) is 0 Å². The lowest BCUT2D eigenvalue weighted by atomic mass is 10.1. The molecule has 0 atom stereocenters. The van der Waals surface area contributed by atoms with E-state index in [1.54, 1.807) is 6.07 Å². The molecule has 6 nitrogen and oxygen atoms in total. The summed E-state index contributed by atoms with van der Waals surface area (Å²) in [6.45, 7) is 2.48. The van der Waals surface area contributed by atoms with Crippen LogP contribution < -0.4 is 0 Å². The van der Waals surface area contributed by atoms with Gasteiger partial charge < -0.3 is 4.90 Å². The van der Waals surface area contributed by atoms with E-state index in [-0.39, 0.29) is 17.9 Å². The third-order valence-electron chi connectivity index (χ3n) is 4.91. The third-order valence-corrected chi connectivity index (χ3v) is 4.91. The summed E-state index contributed by atoms with van der Waals surface area (Å²) < 4.78 is 67.0. The number of piperazine rings is 1. The first-order valence-corrected chi connectivity index (χ1v) is 8.82. The molecule has 2 aliphatic rings. The molecule has 150 valence electrons. The molecule has 2 aliphatic heterocycles. The summed E-state index contributed by atoms with van der Waals surface area (Å²) in [6.07, 6.45) is -3.81. The highest BCUT2D eigenvalue weighted by Gasteiger charge is 2.40. The number of halogens is 5. The highest BCUT2D eigenvalue weighted by molar-refractivity contribution is 5.83. The van der Waals surface area contributed by atoms with Crippen molar-refractivity contribution in [2.45, 2.75) is 25.6 Å². The Hall–Kier alpha value is -2.56. The van der Waals surface area contributed by atoms with Gasteiger partial charge >= 0.3 is 6.18 Å². The maximum Gasteiger partial charge on any atom is 0.453 e. The minimum atomic E-state index is -4.62. The van der Waals surface area contributed by atoms with Crippen LogP contribution in [0.2, 0.25) is 0 Å². The first-order chi connectivity index (χ1) is 13.3. The maximum absolute atomic E-state index is 13.8. The average Bonchev–Trinajstić information content (AvgIpc) is 3.10. The van der Waals surface area contributed by atoms with Gasteiger partial charge in [-0.15, -0.1) is 10.2 Å². The van der Waals surface area contributed by atoms with E-state index in [0.717, 1.165) is 10.7 Å². The first-order valence-electron chi connectivity index (χ1n) is 8.82. The van der Waals surface area contributed by atoms with Crippen LogP contribution in [-0.4, -0.2) is 56.7 Å². The van der Waals surface area contributed by atoms with Crippen molar-refractivity contribution >= 4 is 5.84 Å². The molecule has 1 saturated heterocycles. The first kappa shape index (κ1) is 18.8. The van der Waals surface area contributed by atoms with E-state index in [1.165, 1.54) is 6.07 Å². The Morgan fingerprint density at radius 1 is 0.964 bits per heavy atom. The lowest BCUT2D eigenvalue weighted by Gasteiger charge is -2.37. The smallest absolute Gasteiger partial charge is 0.356 e. The van der Waals surface area contributed by atoms with Gasteiger partial charge in [0, 0.05) is 51.1 Å². The molecule has 0 bridgehead atoms. The molecule has 28 heavy (non-hydrogen) atoms. The largest absolute Gasteiger partial charge is 0.453 e. The molecule has 3 heterocycles. The molecule has 0 radical (unpaired) electrons. The SMILES string of the molecule is Fc1cccc(CN2CCN(C3=Nn4c(nnc4C(F)(F)F)CC3)CC2)c1F. The fraction of sp³-hybridized carbons (Fsp3) is 0.471. The van der Waals surface area contributed by atoms with Crippen molar-refractivity contribution in [1.29, 1.82) is 0 Å². The van der Waals surface area contributed by atoms with Crippen molar-refractivity contribution < 1.29 is 22.0 Å². The second-order valence-electron chi connectivity index (χ2n) is 6.74. The predicted molar refractivity (Wildman–Crippen MR) is 89.4 cm³/mol. The zero-order valence-corrected chi connectivity index (χ0v) is 14.8. The number of fused-ring (bicyclic) bond motifs is 1. The molecule has 1 aromatic heterocycles. The Bertz CT molecular complexity index is 898. The summed E-state index contributed by atoms with van der Waals surface area (Å²) in [6, 6.07) is 4.09. The van der Waals surface area contributed by atoms with Crippen LogP contribution in [0.15, 0.2) is 23.3 Å². The fourth-order valence-electron chi connectivity index (χ4n) is 3.44. The average molecular weight is 400 g/mol. The van der Waals surface area contributed by atoms with Gasteiger partial charge in [0.15, 0.2) is 17.5 Å². The second-order valence-corrected chi connectivity index (χ2v) is 6.74. The van der Waals surface area contributed by atoms with Crippen LogP contribution in [0, 0.1) is 11.6 Å². The van der Waals surface area contributed by atoms with Crippen LogP contribution >= 0.6 is 0 Å². The molecule has 0 aliphatic carbocycles. The van der Waals surface area contributed by atoms with Crippen LogP contribution in [0.1, 0.15) is 23.6 Å².